The maximum absolute atomic E-state index is 12.9. The Kier molecular flexibility index (Phi) is 4.18. The van der Waals surface area contributed by atoms with Crippen LogP contribution in [-0.2, 0) is 15.8 Å². The molecule has 0 atom stereocenters. The lowest BCUT2D eigenvalue weighted by Gasteiger charge is -2.20. The largest absolute Gasteiger partial charge is 0.418 e. The van der Waals surface area contributed by atoms with E-state index in [1.165, 1.54) is 12.1 Å². The molecule has 2 N–H and O–H groups in total. The number of hydrogen-bond acceptors (Lipinski definition) is 3. The van der Waals surface area contributed by atoms with E-state index in [2.05, 4.69) is 10.6 Å². The zero-order chi connectivity index (χ0) is 18.2. The molecule has 0 radical (unpaired) electrons. The number of nitrogens with one attached hydrogen (secondary N) is 2. The zero-order valence-electron chi connectivity index (χ0n) is 13.2. The Bertz CT molecular complexity index is 727. The minimum atomic E-state index is -4.63. The Morgan fingerprint density at radius 2 is 1.84 bits per heavy atom. The summed E-state index contributed by atoms with van der Waals surface area (Å²) in [7, 11) is 0. The molecule has 1 aromatic carbocycles. The van der Waals surface area contributed by atoms with Gasteiger partial charge in [-0.1, -0.05) is 25.0 Å². The molecule has 0 unspecified atom stereocenters. The van der Waals surface area contributed by atoms with Crippen molar-refractivity contribution in [2.24, 2.45) is 0 Å². The summed E-state index contributed by atoms with van der Waals surface area (Å²) in [5.74, 6) is -1.36. The average Bonchev–Trinajstić information content (AvgIpc) is 3.08. The van der Waals surface area contributed by atoms with Crippen molar-refractivity contribution in [1.29, 1.82) is 0 Å². The molecule has 1 saturated carbocycles. The van der Waals surface area contributed by atoms with Crippen LogP contribution in [0, 0.1) is 0 Å². The molecule has 25 heavy (non-hydrogen) atoms. The standard InChI is InChI=1S/C16H16F3N3O3/c17-16(18,19)10-5-1-2-6-11(10)20-12(23)9-22-13(24)15(21-14(22)25)7-3-4-8-15/h1-2,5-6H,3-4,7-9H2,(H,20,23)(H,21,25). The van der Waals surface area contributed by atoms with Crippen molar-refractivity contribution in [2.75, 3.05) is 11.9 Å². The van der Waals surface area contributed by atoms with Gasteiger partial charge in [0.1, 0.15) is 12.1 Å². The number of rotatable bonds is 3. The van der Waals surface area contributed by atoms with E-state index < -0.39 is 47.4 Å². The summed E-state index contributed by atoms with van der Waals surface area (Å²) >= 11 is 0. The maximum atomic E-state index is 12.9. The molecule has 0 aromatic heterocycles. The third-order valence-corrected chi connectivity index (χ3v) is 4.51. The van der Waals surface area contributed by atoms with Gasteiger partial charge in [0, 0.05) is 0 Å². The summed E-state index contributed by atoms with van der Waals surface area (Å²) in [6.07, 6.45) is -2.02. The Labute approximate surface area is 141 Å². The molecule has 1 heterocycles. The lowest BCUT2D eigenvalue weighted by molar-refractivity contribution is -0.137. The van der Waals surface area contributed by atoms with Gasteiger partial charge in [0.2, 0.25) is 5.91 Å². The van der Waals surface area contributed by atoms with Crippen LogP contribution in [0.5, 0.6) is 0 Å². The number of benzene rings is 1. The molecule has 2 aliphatic rings. The van der Waals surface area contributed by atoms with Gasteiger partial charge in [0.05, 0.1) is 11.3 Å². The summed E-state index contributed by atoms with van der Waals surface area (Å²) in [4.78, 5) is 37.3. The average molecular weight is 355 g/mol. The monoisotopic (exact) mass is 355 g/mol. The van der Waals surface area contributed by atoms with Crippen molar-refractivity contribution in [2.45, 2.75) is 37.4 Å². The molecular weight excluding hydrogens is 339 g/mol. The number of carbonyl (C=O) groups is 3. The topological polar surface area (TPSA) is 78.5 Å². The van der Waals surface area contributed by atoms with Gasteiger partial charge in [-0.25, -0.2) is 4.79 Å². The highest BCUT2D eigenvalue weighted by Gasteiger charge is 2.52. The van der Waals surface area contributed by atoms with Crippen LogP contribution in [0.15, 0.2) is 24.3 Å². The van der Waals surface area contributed by atoms with Gasteiger partial charge in [-0.15, -0.1) is 0 Å². The van der Waals surface area contributed by atoms with Gasteiger partial charge in [0.25, 0.3) is 5.91 Å². The second-order valence-electron chi connectivity index (χ2n) is 6.20. The molecule has 3 rings (SSSR count). The third-order valence-electron chi connectivity index (χ3n) is 4.51. The molecule has 9 heteroatoms. The van der Waals surface area contributed by atoms with Crippen molar-refractivity contribution < 1.29 is 27.6 Å². The number of amides is 4. The number of alkyl halides is 3. The van der Waals surface area contributed by atoms with E-state index >= 15 is 0 Å². The number of carbonyl (C=O) groups excluding carboxylic acids is 3. The van der Waals surface area contributed by atoms with E-state index in [-0.39, 0.29) is 0 Å². The summed E-state index contributed by atoms with van der Waals surface area (Å²) in [6.45, 7) is -0.626. The molecular formula is C16H16F3N3O3. The van der Waals surface area contributed by atoms with Gasteiger partial charge in [-0.05, 0) is 25.0 Å². The first-order valence-corrected chi connectivity index (χ1v) is 7.83. The number of nitrogens with zero attached hydrogens (tertiary/aromatic N) is 1. The van der Waals surface area contributed by atoms with E-state index in [0.717, 1.165) is 29.9 Å². The van der Waals surface area contributed by atoms with E-state index in [1.807, 2.05) is 0 Å². The van der Waals surface area contributed by atoms with Crippen molar-refractivity contribution in [1.82, 2.24) is 10.2 Å². The predicted octanol–water partition coefficient (Wildman–Crippen LogP) is 2.51. The first-order chi connectivity index (χ1) is 11.7. The van der Waals surface area contributed by atoms with Crippen LogP contribution in [0.3, 0.4) is 0 Å². The Morgan fingerprint density at radius 1 is 1.20 bits per heavy atom. The Balaban J connectivity index is 1.72. The smallest absolute Gasteiger partial charge is 0.324 e. The molecule has 4 amide bonds. The highest BCUT2D eigenvalue weighted by molar-refractivity contribution is 6.10. The second kappa shape index (κ2) is 6.05. The molecule has 1 aliphatic heterocycles. The van der Waals surface area contributed by atoms with E-state index in [0.29, 0.717) is 12.8 Å². The van der Waals surface area contributed by atoms with Crippen LogP contribution >= 0.6 is 0 Å². The molecule has 1 spiro atoms. The van der Waals surface area contributed by atoms with Gasteiger partial charge in [-0.3, -0.25) is 14.5 Å². The van der Waals surface area contributed by atoms with Gasteiger partial charge in [-0.2, -0.15) is 13.2 Å². The van der Waals surface area contributed by atoms with Crippen LogP contribution in [0.1, 0.15) is 31.2 Å². The zero-order valence-corrected chi connectivity index (χ0v) is 13.2. The maximum Gasteiger partial charge on any atom is 0.418 e. The lowest BCUT2D eigenvalue weighted by Crippen LogP contribution is -2.44. The van der Waals surface area contributed by atoms with E-state index in [1.54, 1.807) is 0 Å². The van der Waals surface area contributed by atoms with Crippen molar-refractivity contribution in [3.8, 4) is 0 Å². The lowest BCUT2D eigenvalue weighted by atomic mass is 9.98. The fraction of sp³-hybridized carbons (Fsp3) is 0.438. The Hall–Kier alpha value is -2.58. The minimum absolute atomic E-state index is 0.414. The summed E-state index contributed by atoms with van der Waals surface area (Å²) in [5, 5.41) is 4.74. The first kappa shape index (κ1) is 17.2. The number of imide groups is 1. The van der Waals surface area contributed by atoms with Crippen LogP contribution < -0.4 is 10.6 Å². The fourth-order valence-corrected chi connectivity index (χ4v) is 3.31. The predicted molar refractivity (Wildman–Crippen MR) is 81.5 cm³/mol. The molecule has 0 bridgehead atoms. The number of anilines is 1. The number of para-hydroxylation sites is 1. The number of hydrogen-bond donors (Lipinski definition) is 2. The van der Waals surface area contributed by atoms with Crippen molar-refractivity contribution in [3.05, 3.63) is 29.8 Å². The summed E-state index contributed by atoms with van der Waals surface area (Å²) in [5.41, 5.74) is -2.36. The molecule has 6 nitrogen and oxygen atoms in total. The van der Waals surface area contributed by atoms with Crippen LogP contribution in [0.4, 0.5) is 23.7 Å². The highest BCUT2D eigenvalue weighted by atomic mass is 19.4. The Morgan fingerprint density at radius 3 is 2.48 bits per heavy atom. The number of urea groups is 1. The first-order valence-electron chi connectivity index (χ1n) is 7.83. The van der Waals surface area contributed by atoms with Gasteiger partial charge >= 0.3 is 12.2 Å². The second-order valence-corrected chi connectivity index (χ2v) is 6.20. The highest BCUT2D eigenvalue weighted by Crippen LogP contribution is 2.36. The SMILES string of the molecule is O=C(CN1C(=O)NC2(CCCC2)C1=O)Nc1ccccc1C(F)(F)F. The quantitative estimate of drug-likeness (QED) is 0.818. The summed E-state index contributed by atoms with van der Waals surface area (Å²) in [6, 6.07) is 3.83. The van der Waals surface area contributed by atoms with Crippen LogP contribution in [0.25, 0.3) is 0 Å². The van der Waals surface area contributed by atoms with Crippen LogP contribution in [-0.4, -0.2) is 34.8 Å². The molecule has 134 valence electrons. The summed E-state index contributed by atoms with van der Waals surface area (Å²) < 4.78 is 38.8. The van der Waals surface area contributed by atoms with Gasteiger partial charge in [0.15, 0.2) is 0 Å². The van der Waals surface area contributed by atoms with Gasteiger partial charge < -0.3 is 10.6 Å². The molecule has 2 fully saturated rings. The van der Waals surface area contributed by atoms with Crippen LogP contribution in [0.2, 0.25) is 0 Å². The molecule has 1 aliphatic carbocycles. The van der Waals surface area contributed by atoms with E-state index in [4.69, 9.17) is 0 Å². The minimum Gasteiger partial charge on any atom is -0.324 e. The van der Waals surface area contributed by atoms with Crippen molar-refractivity contribution in [3.63, 3.8) is 0 Å². The number of halogens is 3. The molecule has 1 aromatic rings. The normalized spacial score (nSPS) is 19.4. The molecule has 1 saturated heterocycles. The van der Waals surface area contributed by atoms with E-state index in [9.17, 15) is 27.6 Å². The third kappa shape index (κ3) is 3.18. The fourth-order valence-electron chi connectivity index (χ4n) is 3.31. The van der Waals surface area contributed by atoms with Crippen molar-refractivity contribution >= 4 is 23.5 Å².